The summed E-state index contributed by atoms with van der Waals surface area (Å²) in [6, 6.07) is 84.8. The van der Waals surface area contributed by atoms with Gasteiger partial charge in [0.05, 0.1) is 5.69 Å². The van der Waals surface area contributed by atoms with Gasteiger partial charge in [0, 0.05) is 23.8 Å². The summed E-state index contributed by atoms with van der Waals surface area (Å²) in [6.07, 6.45) is 3.66. The summed E-state index contributed by atoms with van der Waals surface area (Å²) >= 11 is 0. The molecule has 8 aromatic carbocycles. The summed E-state index contributed by atoms with van der Waals surface area (Å²) in [6.45, 7) is 13.5. The molecule has 0 unspecified atom stereocenters. The molecule has 3 aromatic heterocycles. The smallest absolute Gasteiger partial charge is 0.657 e. The molecule has 0 atom stereocenters. The molecule has 0 amide bonds. The van der Waals surface area contributed by atoms with Crippen molar-refractivity contribution in [2.75, 3.05) is 0 Å². The zero-order chi connectivity index (χ0) is 51.7. The van der Waals surface area contributed by atoms with E-state index in [2.05, 4.69) is 191 Å². The zero-order valence-electron chi connectivity index (χ0n) is 43.8. The molecule has 0 radical (unpaired) electrons. The average Bonchev–Trinajstić information content (AvgIpc) is 3.47. The fourth-order valence-electron chi connectivity index (χ4n) is 9.93. The van der Waals surface area contributed by atoms with Crippen LogP contribution in [0.5, 0.6) is 0 Å². The molecule has 0 spiro atoms. The quantitative estimate of drug-likeness (QED) is 0.115. The number of aromatic nitrogens is 3. The minimum absolute atomic E-state index is 0. The first-order chi connectivity index (χ1) is 36.7. The Morgan fingerprint density at radius 1 is 0.408 bits per heavy atom. The van der Waals surface area contributed by atoms with Crippen LogP contribution in [-0.2, 0) is 20.1 Å². The van der Waals surface area contributed by atoms with Gasteiger partial charge in [0.25, 0.3) is 0 Å². The van der Waals surface area contributed by atoms with Crippen LogP contribution in [0.1, 0.15) is 61.8 Å². The molecule has 0 fully saturated rings. The van der Waals surface area contributed by atoms with Gasteiger partial charge >= 0.3 is 20.1 Å². The fourth-order valence-corrected chi connectivity index (χ4v) is 9.93. The second-order valence-corrected chi connectivity index (χ2v) is 19.4. The molecule has 76 heavy (non-hydrogen) atoms. The number of rotatable bonds is 12. The SMILES string of the molecule is CC(C)c1cc(-c2ccccc2)cc(C(C)C)c1-c1cc(-c2[c-]cccc2)nc(-c2ccccc2[N-]c2ccccc2)c1.Cc1c(-c2ccccn2)[c-]c(-c2ccccn2)c(C)c1-c1ccc(-c2ccccc2)cc1.[Ir+3]. The summed E-state index contributed by atoms with van der Waals surface area (Å²) in [5.41, 5.74) is 24.3. The standard InChI is InChI=1S/C41H36N2.C30H23N2.Ir/c1-28(2)36-24-32(30-16-8-5-9-17-30)25-37(29(3)4)41(36)33-26-39(31-18-10-6-11-19-31)43-40(27-33)35-22-14-15-23-38(35)42-34-20-12-7-13-21-34;1-21-26(28-12-6-8-18-31-28)20-27(29-13-7-9-19-32-29)22(2)30(21)25-16-14-24(15-17-25)23-10-4-3-5-11-23;/h5-18,20-29H,1-4H3;3-19H,1-2H3;/q-2;-1;+3. The van der Waals surface area contributed by atoms with Crippen LogP contribution in [0.3, 0.4) is 0 Å². The maximum Gasteiger partial charge on any atom is 3.00 e. The van der Waals surface area contributed by atoms with E-state index in [4.69, 9.17) is 10.3 Å². The number of pyridine rings is 3. The molecular formula is C71H59IrN4. The van der Waals surface area contributed by atoms with E-state index in [0.29, 0.717) is 11.8 Å². The van der Waals surface area contributed by atoms with Gasteiger partial charge in [-0.1, -0.05) is 240 Å². The number of para-hydroxylation sites is 2. The van der Waals surface area contributed by atoms with Gasteiger partial charge in [0.2, 0.25) is 0 Å². The van der Waals surface area contributed by atoms with Crippen LogP contribution < -0.4 is 0 Å². The van der Waals surface area contributed by atoms with Crippen molar-refractivity contribution >= 4 is 11.4 Å². The molecule has 5 heteroatoms. The van der Waals surface area contributed by atoms with E-state index in [0.717, 1.165) is 56.4 Å². The van der Waals surface area contributed by atoms with E-state index in [-0.39, 0.29) is 20.1 Å². The molecule has 0 aliphatic heterocycles. The monoisotopic (exact) mass is 1160 g/mol. The third-order valence-electron chi connectivity index (χ3n) is 13.7. The molecule has 11 aromatic rings. The molecule has 0 saturated heterocycles. The molecule has 0 N–H and O–H groups in total. The number of hydrogen-bond donors (Lipinski definition) is 0. The van der Waals surface area contributed by atoms with Crippen LogP contribution in [0.25, 0.3) is 94.9 Å². The van der Waals surface area contributed by atoms with E-state index in [9.17, 15) is 0 Å². The van der Waals surface area contributed by atoms with E-state index in [1.807, 2.05) is 109 Å². The van der Waals surface area contributed by atoms with Crippen LogP contribution >= 0.6 is 0 Å². The molecule has 0 aliphatic rings. The molecule has 0 bridgehead atoms. The number of hydrogen-bond acceptors (Lipinski definition) is 3. The van der Waals surface area contributed by atoms with Gasteiger partial charge in [0.15, 0.2) is 0 Å². The van der Waals surface area contributed by atoms with E-state index in [1.54, 1.807) is 0 Å². The Hall–Kier alpha value is -8.34. The normalized spacial score (nSPS) is 10.9. The van der Waals surface area contributed by atoms with Crippen molar-refractivity contribution in [1.29, 1.82) is 0 Å². The van der Waals surface area contributed by atoms with Crippen molar-refractivity contribution in [3.05, 3.63) is 277 Å². The molecule has 0 saturated carbocycles. The van der Waals surface area contributed by atoms with Crippen LogP contribution in [0.2, 0.25) is 0 Å². The van der Waals surface area contributed by atoms with E-state index in [1.165, 1.54) is 66.8 Å². The van der Waals surface area contributed by atoms with Crippen molar-refractivity contribution in [2.45, 2.75) is 53.4 Å². The van der Waals surface area contributed by atoms with Gasteiger partial charge < -0.3 is 5.32 Å². The average molecular weight is 1160 g/mol. The summed E-state index contributed by atoms with van der Waals surface area (Å²) in [4.78, 5) is 14.4. The molecule has 0 aliphatic carbocycles. The maximum absolute atomic E-state index is 5.22. The first kappa shape index (κ1) is 52.5. The third kappa shape index (κ3) is 11.8. The number of nitrogens with zero attached hydrogens (tertiary/aromatic N) is 4. The Morgan fingerprint density at radius 2 is 0.895 bits per heavy atom. The Labute approximate surface area is 463 Å². The number of benzene rings is 8. The first-order valence-corrected chi connectivity index (χ1v) is 25.8. The van der Waals surface area contributed by atoms with Crippen molar-refractivity contribution < 1.29 is 20.1 Å². The van der Waals surface area contributed by atoms with E-state index < -0.39 is 0 Å². The Balaban J connectivity index is 0.000000191. The summed E-state index contributed by atoms with van der Waals surface area (Å²) < 4.78 is 0. The van der Waals surface area contributed by atoms with Gasteiger partial charge in [-0.15, -0.1) is 64.5 Å². The van der Waals surface area contributed by atoms with Crippen LogP contribution in [0.4, 0.5) is 11.4 Å². The molecule has 372 valence electrons. The Morgan fingerprint density at radius 3 is 1.43 bits per heavy atom. The molecule has 3 heterocycles. The minimum Gasteiger partial charge on any atom is -0.657 e. The summed E-state index contributed by atoms with van der Waals surface area (Å²) in [5.74, 6) is 0.666. The van der Waals surface area contributed by atoms with Gasteiger partial charge in [-0.2, -0.15) is 0 Å². The second kappa shape index (κ2) is 24.3. The van der Waals surface area contributed by atoms with Crippen molar-refractivity contribution in [2.24, 2.45) is 0 Å². The topological polar surface area (TPSA) is 52.8 Å². The van der Waals surface area contributed by atoms with Gasteiger partial charge in [-0.3, -0.25) is 15.0 Å². The predicted molar refractivity (Wildman–Crippen MR) is 314 cm³/mol. The largest absolute Gasteiger partial charge is 3.00 e. The van der Waals surface area contributed by atoms with Crippen molar-refractivity contribution in [3.63, 3.8) is 0 Å². The van der Waals surface area contributed by atoms with E-state index >= 15 is 0 Å². The van der Waals surface area contributed by atoms with Gasteiger partial charge in [0.1, 0.15) is 0 Å². The molecule has 11 rings (SSSR count). The van der Waals surface area contributed by atoms with Crippen molar-refractivity contribution in [1.82, 2.24) is 15.0 Å². The Bertz CT molecular complexity index is 3570. The fraction of sp³-hybridized carbons (Fsp3) is 0.113. The van der Waals surface area contributed by atoms with Crippen LogP contribution in [0, 0.1) is 26.0 Å². The predicted octanol–water partition coefficient (Wildman–Crippen LogP) is 19.7. The summed E-state index contributed by atoms with van der Waals surface area (Å²) in [5, 5.41) is 5.01. The second-order valence-electron chi connectivity index (χ2n) is 19.4. The Kier molecular flexibility index (Phi) is 16.8. The summed E-state index contributed by atoms with van der Waals surface area (Å²) in [7, 11) is 0. The molecule has 4 nitrogen and oxygen atoms in total. The minimum atomic E-state index is 0. The molecular weight excluding hydrogens is 1100 g/mol. The van der Waals surface area contributed by atoms with Crippen LogP contribution in [-0.4, -0.2) is 15.0 Å². The van der Waals surface area contributed by atoms with Crippen LogP contribution in [0.15, 0.2) is 237 Å². The van der Waals surface area contributed by atoms with Gasteiger partial charge in [-0.25, -0.2) is 0 Å². The van der Waals surface area contributed by atoms with Crippen molar-refractivity contribution in [3.8, 4) is 89.5 Å². The third-order valence-corrected chi connectivity index (χ3v) is 13.7. The zero-order valence-corrected chi connectivity index (χ0v) is 46.2. The maximum atomic E-state index is 5.22. The van der Waals surface area contributed by atoms with Gasteiger partial charge in [-0.05, 0) is 91.4 Å². The first-order valence-electron chi connectivity index (χ1n) is 25.8.